The fourth-order valence-corrected chi connectivity index (χ4v) is 3.57. The number of furan rings is 1. The lowest BCUT2D eigenvalue weighted by Gasteiger charge is -2.09. The Hall–Kier alpha value is -3.30. The molecule has 1 N–H and O–H groups in total. The van der Waals surface area contributed by atoms with Gasteiger partial charge in [-0.1, -0.05) is 0 Å². The molecule has 3 aromatic heterocycles. The molecule has 0 radical (unpaired) electrons. The maximum Gasteiger partial charge on any atom is 0.240 e. The second-order valence-corrected chi connectivity index (χ2v) is 7.40. The van der Waals surface area contributed by atoms with Gasteiger partial charge in [0.25, 0.3) is 0 Å². The van der Waals surface area contributed by atoms with Gasteiger partial charge in [0.2, 0.25) is 10.0 Å². The minimum atomic E-state index is -3.70. The van der Waals surface area contributed by atoms with Crippen LogP contribution in [-0.2, 0) is 16.6 Å². The van der Waals surface area contributed by atoms with Crippen molar-refractivity contribution >= 4 is 10.0 Å². The molecule has 1 aromatic carbocycles. The van der Waals surface area contributed by atoms with Gasteiger partial charge in [0, 0.05) is 30.4 Å². The minimum absolute atomic E-state index is 0.0115. The molecule has 0 spiro atoms. The molecule has 9 heteroatoms. The summed E-state index contributed by atoms with van der Waals surface area (Å²) in [6.45, 7) is 0.0115. The van der Waals surface area contributed by atoms with Crippen molar-refractivity contribution < 1.29 is 12.8 Å². The van der Waals surface area contributed by atoms with E-state index in [1.54, 1.807) is 47.5 Å². The van der Waals surface area contributed by atoms with Crippen molar-refractivity contribution in [3.05, 3.63) is 79.4 Å². The maximum absolute atomic E-state index is 12.6. The molecule has 0 aliphatic heterocycles. The first-order chi connectivity index (χ1) is 13.1. The van der Waals surface area contributed by atoms with Crippen LogP contribution in [0.3, 0.4) is 0 Å². The molecule has 0 fully saturated rings. The van der Waals surface area contributed by atoms with E-state index in [1.165, 1.54) is 30.9 Å². The van der Waals surface area contributed by atoms with E-state index in [0.29, 0.717) is 11.4 Å². The Labute approximate surface area is 155 Å². The van der Waals surface area contributed by atoms with Gasteiger partial charge in [0.15, 0.2) is 0 Å². The molecule has 0 aliphatic rings. The predicted molar refractivity (Wildman–Crippen MR) is 97.3 cm³/mol. The Balaban J connectivity index is 1.53. The first-order valence-electron chi connectivity index (χ1n) is 8.06. The maximum atomic E-state index is 12.6. The second kappa shape index (κ2) is 7.14. The third kappa shape index (κ3) is 3.64. The van der Waals surface area contributed by atoms with E-state index in [0.717, 1.165) is 11.3 Å². The highest BCUT2D eigenvalue weighted by molar-refractivity contribution is 7.89. The Morgan fingerprint density at radius 1 is 1.04 bits per heavy atom. The highest BCUT2D eigenvalue weighted by Gasteiger charge is 2.16. The Kier molecular flexibility index (Phi) is 4.53. The molecule has 0 amide bonds. The van der Waals surface area contributed by atoms with E-state index in [9.17, 15) is 8.42 Å². The van der Waals surface area contributed by atoms with Crippen LogP contribution in [0, 0.1) is 0 Å². The van der Waals surface area contributed by atoms with Gasteiger partial charge in [-0.2, -0.15) is 5.10 Å². The number of nitrogens with one attached hydrogen (secondary N) is 1. The molecule has 3 heterocycles. The Morgan fingerprint density at radius 3 is 2.56 bits per heavy atom. The first kappa shape index (κ1) is 17.1. The van der Waals surface area contributed by atoms with Gasteiger partial charge in [0.1, 0.15) is 0 Å². The van der Waals surface area contributed by atoms with Crippen LogP contribution in [0.15, 0.2) is 83.0 Å². The van der Waals surface area contributed by atoms with Crippen molar-refractivity contribution in [3.8, 4) is 16.9 Å². The molecule has 136 valence electrons. The van der Waals surface area contributed by atoms with Crippen molar-refractivity contribution in [1.29, 1.82) is 0 Å². The van der Waals surface area contributed by atoms with Crippen molar-refractivity contribution in [3.63, 3.8) is 0 Å². The molecule has 0 unspecified atom stereocenters. The molecule has 0 saturated carbocycles. The number of hydrogen-bond donors (Lipinski definition) is 1. The number of benzene rings is 1. The van der Waals surface area contributed by atoms with Crippen LogP contribution in [0.5, 0.6) is 0 Å². The summed E-state index contributed by atoms with van der Waals surface area (Å²) in [5, 5.41) is 4.12. The fourth-order valence-electron chi connectivity index (χ4n) is 2.58. The van der Waals surface area contributed by atoms with E-state index in [2.05, 4.69) is 19.8 Å². The summed E-state index contributed by atoms with van der Waals surface area (Å²) in [6.07, 6.45) is 9.58. The summed E-state index contributed by atoms with van der Waals surface area (Å²) >= 11 is 0. The van der Waals surface area contributed by atoms with Crippen molar-refractivity contribution in [2.24, 2.45) is 0 Å². The summed E-state index contributed by atoms with van der Waals surface area (Å²) in [5.41, 5.74) is 2.59. The number of nitrogens with zero attached hydrogens (tertiary/aromatic N) is 4. The lowest BCUT2D eigenvalue weighted by molar-refractivity contribution is 0.568. The van der Waals surface area contributed by atoms with Gasteiger partial charge in [-0.05, 0) is 36.4 Å². The molecule has 4 rings (SSSR count). The zero-order valence-corrected chi connectivity index (χ0v) is 14.9. The highest BCUT2D eigenvalue weighted by atomic mass is 32.2. The lowest BCUT2D eigenvalue weighted by Crippen LogP contribution is -2.24. The van der Waals surface area contributed by atoms with Gasteiger partial charge >= 0.3 is 0 Å². The van der Waals surface area contributed by atoms with Gasteiger partial charge in [-0.25, -0.2) is 17.8 Å². The van der Waals surface area contributed by atoms with Crippen molar-refractivity contribution in [2.45, 2.75) is 11.4 Å². The third-order valence-corrected chi connectivity index (χ3v) is 5.33. The number of aromatic nitrogens is 4. The number of hydrogen-bond acceptors (Lipinski definition) is 6. The topological polar surface area (TPSA) is 103 Å². The highest BCUT2D eigenvalue weighted by Crippen LogP contribution is 2.20. The predicted octanol–water partition coefficient (Wildman–Crippen LogP) is 2.40. The molecule has 0 saturated heterocycles. The summed E-state index contributed by atoms with van der Waals surface area (Å²) in [4.78, 5) is 8.66. The molecular formula is C18H15N5O3S. The number of sulfonamides is 1. The summed E-state index contributed by atoms with van der Waals surface area (Å²) in [6, 6.07) is 10.0. The van der Waals surface area contributed by atoms with Gasteiger partial charge in [-0.15, -0.1) is 0 Å². The second-order valence-electron chi connectivity index (χ2n) is 5.63. The van der Waals surface area contributed by atoms with Gasteiger partial charge in [0.05, 0.1) is 41.0 Å². The molecule has 0 atom stereocenters. The molecule has 4 aromatic rings. The quantitative estimate of drug-likeness (QED) is 0.550. The van der Waals surface area contributed by atoms with Crippen molar-refractivity contribution in [1.82, 2.24) is 24.5 Å². The zero-order valence-electron chi connectivity index (χ0n) is 14.1. The summed E-state index contributed by atoms with van der Waals surface area (Å²) < 4.78 is 34.5. The monoisotopic (exact) mass is 381 g/mol. The average molecular weight is 381 g/mol. The van der Waals surface area contributed by atoms with Crippen molar-refractivity contribution in [2.75, 3.05) is 0 Å². The standard InChI is InChI=1S/C18H15N5O3S/c24-27(25,16-4-2-15(3-5-16)23-10-1-7-21-23)22-12-17-18(20-9-8-19-17)14-6-11-26-13-14/h1-11,13,22H,12H2. The van der Waals surface area contributed by atoms with Crippen LogP contribution >= 0.6 is 0 Å². The Morgan fingerprint density at radius 2 is 1.85 bits per heavy atom. The van der Waals surface area contributed by atoms with E-state index in [4.69, 9.17) is 4.42 Å². The van der Waals surface area contributed by atoms with Crippen LogP contribution in [-0.4, -0.2) is 28.2 Å². The SMILES string of the molecule is O=S(=O)(NCc1nccnc1-c1ccoc1)c1ccc(-n2cccn2)cc1. The lowest BCUT2D eigenvalue weighted by atomic mass is 10.2. The zero-order chi connectivity index (χ0) is 18.7. The summed E-state index contributed by atoms with van der Waals surface area (Å²) in [5.74, 6) is 0. The Bertz CT molecular complexity index is 1120. The minimum Gasteiger partial charge on any atom is -0.472 e. The van der Waals surface area contributed by atoms with E-state index < -0.39 is 10.0 Å². The molecular weight excluding hydrogens is 366 g/mol. The van der Waals surface area contributed by atoms with Crippen LogP contribution < -0.4 is 4.72 Å². The van der Waals surface area contributed by atoms with E-state index in [-0.39, 0.29) is 11.4 Å². The molecule has 0 bridgehead atoms. The summed E-state index contributed by atoms with van der Waals surface area (Å²) in [7, 11) is -3.70. The first-order valence-corrected chi connectivity index (χ1v) is 9.54. The van der Waals surface area contributed by atoms with E-state index in [1.807, 2.05) is 0 Å². The van der Waals surface area contributed by atoms with Gasteiger partial charge < -0.3 is 4.42 Å². The normalized spacial score (nSPS) is 11.6. The van der Waals surface area contributed by atoms with Crippen LogP contribution in [0.2, 0.25) is 0 Å². The fraction of sp³-hybridized carbons (Fsp3) is 0.0556. The number of rotatable bonds is 6. The third-order valence-electron chi connectivity index (χ3n) is 3.91. The molecule has 27 heavy (non-hydrogen) atoms. The van der Waals surface area contributed by atoms with E-state index >= 15 is 0 Å². The van der Waals surface area contributed by atoms with Crippen LogP contribution in [0.1, 0.15) is 5.69 Å². The van der Waals surface area contributed by atoms with Crippen LogP contribution in [0.25, 0.3) is 16.9 Å². The smallest absolute Gasteiger partial charge is 0.240 e. The largest absolute Gasteiger partial charge is 0.472 e. The average Bonchev–Trinajstić information content (AvgIpc) is 3.41. The molecule has 0 aliphatic carbocycles. The molecule has 8 nitrogen and oxygen atoms in total. The van der Waals surface area contributed by atoms with Gasteiger partial charge in [-0.3, -0.25) is 9.97 Å². The van der Waals surface area contributed by atoms with Crippen LogP contribution in [0.4, 0.5) is 0 Å².